The highest BCUT2D eigenvalue weighted by Crippen LogP contribution is 2.27. The normalized spacial score (nSPS) is 14.8. The van der Waals surface area contributed by atoms with Gasteiger partial charge in [0.2, 0.25) is 0 Å². The van der Waals surface area contributed by atoms with Crippen LogP contribution in [0.3, 0.4) is 0 Å². The Kier molecular flexibility index (Phi) is 7.55. The number of hydrogen-bond acceptors (Lipinski definition) is 3. The quantitative estimate of drug-likeness (QED) is 0.486. The number of aryl methyl sites for hydroxylation is 1. The van der Waals surface area contributed by atoms with Gasteiger partial charge in [-0.15, -0.1) is 0 Å². The Balaban J connectivity index is 1.68. The fourth-order valence-corrected chi connectivity index (χ4v) is 4.34. The van der Waals surface area contributed by atoms with Gasteiger partial charge in [0.25, 0.3) is 5.91 Å². The zero-order valence-corrected chi connectivity index (χ0v) is 19.3. The van der Waals surface area contributed by atoms with Gasteiger partial charge in [0, 0.05) is 26.8 Å². The molecule has 1 aliphatic heterocycles. The Morgan fingerprint density at radius 2 is 1.85 bits per heavy atom. The molecule has 4 nitrogen and oxygen atoms in total. The lowest BCUT2D eigenvalue weighted by molar-refractivity contribution is 0.0947. The topological polar surface area (TPSA) is 44.4 Å². The van der Waals surface area contributed by atoms with E-state index < -0.39 is 0 Å². The molecule has 0 atom stereocenters. The number of nitrogens with zero attached hydrogens (tertiary/aromatic N) is 1. The number of carbonyl (C=O) groups excluding carboxylic acids is 1. The zero-order valence-electron chi connectivity index (χ0n) is 15.5. The average Bonchev–Trinajstić information content (AvgIpc) is 2.66. The monoisotopic (exact) mass is 541 g/mol. The molecule has 0 radical (unpaired) electrons. The summed E-state index contributed by atoms with van der Waals surface area (Å²) in [6, 6.07) is 12.0. The fourth-order valence-electron chi connectivity index (χ4n) is 3.33. The zero-order chi connectivity index (χ0) is 19.2. The summed E-state index contributed by atoms with van der Waals surface area (Å²) in [7, 11) is 0. The molecule has 27 heavy (non-hydrogen) atoms. The molecular weight excluding hydrogens is 517 g/mol. The maximum atomic E-state index is 12.8. The summed E-state index contributed by atoms with van der Waals surface area (Å²) in [6.07, 6.45) is 3.86. The van der Waals surface area contributed by atoms with Gasteiger partial charge in [-0.1, -0.05) is 22.4 Å². The summed E-state index contributed by atoms with van der Waals surface area (Å²) in [4.78, 5) is 15.2. The number of likely N-dealkylation sites (tertiary alicyclic amines) is 1. The van der Waals surface area contributed by atoms with E-state index in [4.69, 9.17) is 0 Å². The lowest BCUT2D eigenvalue weighted by Crippen LogP contribution is -2.37. The van der Waals surface area contributed by atoms with Gasteiger partial charge < -0.3 is 15.5 Å². The molecule has 144 valence electrons. The molecule has 1 fully saturated rings. The summed E-state index contributed by atoms with van der Waals surface area (Å²) in [5.41, 5.74) is 3.64. The van der Waals surface area contributed by atoms with Gasteiger partial charge in [-0.05, 0) is 97.4 Å². The molecule has 0 saturated carbocycles. The van der Waals surface area contributed by atoms with Crippen LogP contribution < -0.4 is 10.6 Å². The highest BCUT2D eigenvalue weighted by Gasteiger charge is 2.14. The third-order valence-electron chi connectivity index (χ3n) is 4.85. The maximum Gasteiger partial charge on any atom is 0.253 e. The molecule has 1 saturated heterocycles. The molecule has 1 aliphatic rings. The van der Waals surface area contributed by atoms with Crippen molar-refractivity contribution >= 4 is 55.8 Å². The van der Waals surface area contributed by atoms with E-state index in [2.05, 4.69) is 79.2 Å². The number of piperidine rings is 1. The van der Waals surface area contributed by atoms with Crippen LogP contribution in [0, 0.1) is 10.5 Å². The molecule has 2 aromatic carbocycles. The van der Waals surface area contributed by atoms with Crippen molar-refractivity contribution in [2.45, 2.75) is 26.2 Å². The average molecular weight is 542 g/mol. The number of amides is 1. The van der Waals surface area contributed by atoms with Crippen LogP contribution in [-0.4, -0.2) is 37.0 Å². The predicted octanol–water partition coefficient (Wildman–Crippen LogP) is 5.32. The number of nitrogens with one attached hydrogen (secondary N) is 2. The first kappa shape index (κ1) is 20.6. The van der Waals surface area contributed by atoms with Crippen molar-refractivity contribution in [1.82, 2.24) is 10.2 Å². The van der Waals surface area contributed by atoms with Crippen LogP contribution in [0.5, 0.6) is 0 Å². The van der Waals surface area contributed by atoms with Crippen molar-refractivity contribution in [2.75, 3.05) is 31.5 Å². The summed E-state index contributed by atoms with van der Waals surface area (Å²) in [5, 5.41) is 6.50. The van der Waals surface area contributed by atoms with Crippen molar-refractivity contribution in [3.63, 3.8) is 0 Å². The summed E-state index contributed by atoms with van der Waals surface area (Å²) in [5.74, 6) is -0.0426. The van der Waals surface area contributed by atoms with Crippen molar-refractivity contribution in [3.8, 4) is 0 Å². The van der Waals surface area contributed by atoms with E-state index in [0.29, 0.717) is 12.1 Å². The predicted molar refractivity (Wildman–Crippen MR) is 124 cm³/mol. The molecule has 0 aliphatic carbocycles. The van der Waals surface area contributed by atoms with Gasteiger partial charge in [0.05, 0.1) is 11.3 Å². The Bertz CT molecular complexity index is 806. The Morgan fingerprint density at radius 1 is 1.11 bits per heavy atom. The van der Waals surface area contributed by atoms with Crippen molar-refractivity contribution in [3.05, 3.63) is 55.6 Å². The van der Waals surface area contributed by atoms with Gasteiger partial charge in [0.1, 0.15) is 0 Å². The maximum absolute atomic E-state index is 12.8. The molecule has 3 rings (SSSR count). The highest BCUT2D eigenvalue weighted by molar-refractivity contribution is 14.1. The fraction of sp³-hybridized carbons (Fsp3) is 0.381. The molecule has 0 bridgehead atoms. The lowest BCUT2D eigenvalue weighted by Gasteiger charge is -2.26. The van der Waals surface area contributed by atoms with Gasteiger partial charge in [0.15, 0.2) is 0 Å². The lowest BCUT2D eigenvalue weighted by atomic mass is 10.1. The number of halogens is 2. The van der Waals surface area contributed by atoms with Crippen LogP contribution in [0.15, 0.2) is 40.9 Å². The van der Waals surface area contributed by atoms with E-state index in [-0.39, 0.29) is 5.91 Å². The van der Waals surface area contributed by atoms with E-state index in [1.165, 1.54) is 22.8 Å². The number of hydrogen-bond donors (Lipinski definition) is 2. The summed E-state index contributed by atoms with van der Waals surface area (Å²) < 4.78 is 2.09. The molecule has 1 amide bonds. The van der Waals surface area contributed by atoms with Crippen molar-refractivity contribution < 1.29 is 4.79 Å². The first-order chi connectivity index (χ1) is 13.0. The van der Waals surface area contributed by atoms with E-state index in [1.54, 1.807) is 0 Å². The Labute approximate surface area is 183 Å². The Morgan fingerprint density at radius 3 is 2.59 bits per heavy atom. The van der Waals surface area contributed by atoms with Crippen LogP contribution in [0.25, 0.3) is 0 Å². The van der Waals surface area contributed by atoms with Crippen LogP contribution >= 0.6 is 38.5 Å². The highest BCUT2D eigenvalue weighted by atomic mass is 127. The van der Waals surface area contributed by atoms with E-state index >= 15 is 0 Å². The first-order valence-electron chi connectivity index (χ1n) is 9.36. The van der Waals surface area contributed by atoms with Crippen LogP contribution in [0.1, 0.15) is 35.2 Å². The molecule has 2 N–H and O–H groups in total. The molecule has 0 unspecified atom stereocenters. The summed E-state index contributed by atoms with van der Waals surface area (Å²) >= 11 is 5.79. The number of anilines is 2. The van der Waals surface area contributed by atoms with Gasteiger partial charge in [-0.25, -0.2) is 0 Å². The smallest absolute Gasteiger partial charge is 0.253 e. The van der Waals surface area contributed by atoms with Gasteiger partial charge >= 0.3 is 0 Å². The second-order valence-corrected chi connectivity index (χ2v) is 9.09. The van der Waals surface area contributed by atoms with Crippen LogP contribution in [0.2, 0.25) is 0 Å². The van der Waals surface area contributed by atoms with Crippen molar-refractivity contribution in [2.24, 2.45) is 0 Å². The van der Waals surface area contributed by atoms with Crippen LogP contribution in [-0.2, 0) is 0 Å². The summed E-state index contributed by atoms with van der Waals surface area (Å²) in [6.45, 7) is 5.95. The van der Waals surface area contributed by atoms with Gasteiger partial charge in [-0.2, -0.15) is 0 Å². The molecule has 1 heterocycles. The SMILES string of the molecule is Cc1cc(I)ccc1Nc1ccc(Br)cc1C(=O)NCCN1CCCCC1. The van der Waals surface area contributed by atoms with E-state index in [1.807, 2.05) is 18.2 Å². The molecule has 0 spiro atoms. The largest absolute Gasteiger partial charge is 0.355 e. The molecule has 6 heteroatoms. The van der Waals surface area contributed by atoms with E-state index in [9.17, 15) is 4.79 Å². The molecular formula is C21H25BrIN3O. The first-order valence-corrected chi connectivity index (χ1v) is 11.2. The number of rotatable bonds is 6. The third-order valence-corrected chi connectivity index (χ3v) is 6.01. The minimum atomic E-state index is -0.0426. The Hall–Kier alpha value is -1.12. The third kappa shape index (κ3) is 5.93. The minimum absolute atomic E-state index is 0.0426. The number of benzene rings is 2. The molecule has 0 aromatic heterocycles. The molecule has 2 aromatic rings. The minimum Gasteiger partial charge on any atom is -0.355 e. The van der Waals surface area contributed by atoms with Crippen molar-refractivity contribution in [1.29, 1.82) is 0 Å². The second-order valence-electron chi connectivity index (χ2n) is 6.93. The van der Waals surface area contributed by atoms with E-state index in [0.717, 1.165) is 41.0 Å². The number of carbonyl (C=O) groups is 1. The second kappa shape index (κ2) is 9.89. The standard InChI is InChI=1S/C21H25BrIN3O/c1-15-13-17(23)6-8-19(15)25-20-7-5-16(22)14-18(20)21(27)24-9-12-26-10-3-2-4-11-26/h5-8,13-14,25H,2-4,9-12H2,1H3,(H,24,27). The van der Waals surface area contributed by atoms with Crippen LogP contribution in [0.4, 0.5) is 11.4 Å². The van der Waals surface area contributed by atoms with Gasteiger partial charge in [-0.3, -0.25) is 4.79 Å².